The number of ether oxygens (including phenoxy) is 1. The number of nitrogens with zero attached hydrogens (tertiary/aromatic N) is 3. The zero-order chi connectivity index (χ0) is 19.2. The summed E-state index contributed by atoms with van der Waals surface area (Å²) in [6.45, 7) is 0. The molecule has 0 saturated carbocycles. The van der Waals surface area contributed by atoms with Crippen LogP contribution >= 0.6 is 11.6 Å². The van der Waals surface area contributed by atoms with Crippen LogP contribution in [0.4, 0.5) is 17.2 Å². The van der Waals surface area contributed by atoms with Crippen LogP contribution in [0.15, 0.2) is 54.6 Å². The Morgan fingerprint density at radius 1 is 1.11 bits per heavy atom. The molecule has 0 radical (unpaired) electrons. The number of carbonyl (C=O) groups is 1. The molecule has 0 saturated heterocycles. The summed E-state index contributed by atoms with van der Waals surface area (Å²) in [5, 5.41) is 23.2. The highest BCUT2D eigenvalue weighted by Gasteiger charge is 2.12. The van der Waals surface area contributed by atoms with Crippen molar-refractivity contribution in [2.45, 2.75) is 0 Å². The van der Waals surface area contributed by atoms with Crippen LogP contribution in [0.1, 0.15) is 16.1 Å². The number of methoxy groups -OCH3 is 1. The topological polar surface area (TPSA) is 99.9 Å². The van der Waals surface area contributed by atoms with E-state index in [0.29, 0.717) is 33.5 Å². The first-order valence-electron chi connectivity index (χ1n) is 7.85. The molecule has 1 aromatic heterocycles. The van der Waals surface area contributed by atoms with Crippen LogP contribution < -0.4 is 15.4 Å². The van der Waals surface area contributed by atoms with Crippen LogP contribution in [0, 0.1) is 11.3 Å². The summed E-state index contributed by atoms with van der Waals surface area (Å²) in [6, 6.07) is 17.1. The number of hydrogen-bond donors (Lipinski definition) is 2. The number of benzene rings is 2. The Hall–Kier alpha value is -3.63. The molecule has 27 heavy (non-hydrogen) atoms. The first kappa shape index (κ1) is 18.2. The lowest BCUT2D eigenvalue weighted by molar-refractivity contribution is 0.102. The molecule has 0 atom stereocenters. The van der Waals surface area contributed by atoms with Crippen LogP contribution in [-0.4, -0.2) is 23.2 Å². The fourth-order valence-corrected chi connectivity index (χ4v) is 2.48. The summed E-state index contributed by atoms with van der Waals surface area (Å²) < 4.78 is 5.20. The molecule has 0 spiro atoms. The van der Waals surface area contributed by atoms with Crippen molar-refractivity contribution in [3.63, 3.8) is 0 Å². The van der Waals surface area contributed by atoms with Gasteiger partial charge in [-0.2, -0.15) is 5.26 Å². The van der Waals surface area contributed by atoms with E-state index in [9.17, 15) is 4.79 Å². The average molecular weight is 380 g/mol. The molecule has 0 fully saturated rings. The molecule has 7 nitrogen and oxygen atoms in total. The lowest BCUT2D eigenvalue weighted by atomic mass is 10.2. The van der Waals surface area contributed by atoms with Crippen LogP contribution in [0.3, 0.4) is 0 Å². The van der Waals surface area contributed by atoms with E-state index in [1.807, 2.05) is 0 Å². The Labute approximate surface area is 160 Å². The molecule has 2 N–H and O–H groups in total. The standard InChI is InChI=1S/C19H14ClN5O2/c1-27-17-8-6-13(20)10-16(17)23-19(26)15-7-9-18(25-24-15)22-14-5-3-2-4-12(14)11-21/h2-10H,1H3,(H,22,25)(H,23,26). The van der Waals surface area contributed by atoms with E-state index in [4.69, 9.17) is 21.6 Å². The number of hydrogen-bond acceptors (Lipinski definition) is 6. The first-order valence-corrected chi connectivity index (χ1v) is 8.23. The Morgan fingerprint density at radius 2 is 1.93 bits per heavy atom. The quantitative estimate of drug-likeness (QED) is 0.694. The summed E-state index contributed by atoms with van der Waals surface area (Å²) in [6.07, 6.45) is 0. The van der Waals surface area contributed by atoms with Gasteiger partial charge in [0.1, 0.15) is 11.8 Å². The zero-order valence-corrected chi connectivity index (χ0v) is 15.0. The Bertz CT molecular complexity index is 1020. The van der Waals surface area contributed by atoms with E-state index in [0.717, 1.165) is 0 Å². The van der Waals surface area contributed by atoms with Crippen LogP contribution in [0.25, 0.3) is 0 Å². The maximum absolute atomic E-state index is 12.4. The van der Waals surface area contributed by atoms with Gasteiger partial charge in [-0.25, -0.2) is 0 Å². The predicted octanol–water partition coefficient (Wildman–Crippen LogP) is 4.01. The van der Waals surface area contributed by atoms with Crippen molar-refractivity contribution in [3.05, 3.63) is 70.9 Å². The Morgan fingerprint density at radius 3 is 2.63 bits per heavy atom. The number of nitrogens with one attached hydrogen (secondary N) is 2. The number of carbonyl (C=O) groups excluding carboxylic acids is 1. The summed E-state index contributed by atoms with van der Waals surface area (Å²) in [5.74, 6) is 0.439. The lowest BCUT2D eigenvalue weighted by Crippen LogP contribution is -2.15. The highest BCUT2D eigenvalue weighted by atomic mass is 35.5. The number of halogens is 1. The molecule has 0 aliphatic carbocycles. The van der Waals surface area contributed by atoms with Gasteiger partial charge in [0, 0.05) is 5.02 Å². The SMILES string of the molecule is COc1ccc(Cl)cc1NC(=O)c1ccc(Nc2ccccc2C#N)nn1. The smallest absolute Gasteiger partial charge is 0.276 e. The minimum absolute atomic E-state index is 0.121. The third kappa shape index (κ3) is 4.32. The predicted molar refractivity (Wildman–Crippen MR) is 102 cm³/mol. The molecule has 8 heteroatoms. The minimum Gasteiger partial charge on any atom is -0.495 e. The molecule has 0 unspecified atom stereocenters. The largest absolute Gasteiger partial charge is 0.495 e. The van der Waals surface area contributed by atoms with Crippen molar-refractivity contribution in [2.24, 2.45) is 0 Å². The third-order valence-corrected chi connectivity index (χ3v) is 3.85. The van der Waals surface area contributed by atoms with Gasteiger partial charge in [0.25, 0.3) is 5.91 Å². The van der Waals surface area contributed by atoms with Crippen molar-refractivity contribution in [1.82, 2.24) is 10.2 Å². The van der Waals surface area contributed by atoms with E-state index < -0.39 is 5.91 Å². The molecule has 3 aromatic rings. The molecule has 0 aliphatic heterocycles. The van der Waals surface area contributed by atoms with Gasteiger partial charge in [-0.05, 0) is 42.5 Å². The molecule has 134 valence electrons. The van der Waals surface area contributed by atoms with Gasteiger partial charge in [-0.3, -0.25) is 4.79 Å². The summed E-state index contributed by atoms with van der Waals surface area (Å²) in [4.78, 5) is 12.4. The van der Waals surface area contributed by atoms with Crippen molar-refractivity contribution in [2.75, 3.05) is 17.7 Å². The second-order valence-corrected chi connectivity index (χ2v) is 5.82. The molecule has 0 aliphatic rings. The van der Waals surface area contributed by atoms with Gasteiger partial charge in [0.2, 0.25) is 0 Å². The molecular weight excluding hydrogens is 366 g/mol. The number of rotatable bonds is 5. The maximum Gasteiger partial charge on any atom is 0.276 e. The van der Waals surface area contributed by atoms with Crippen LogP contribution in [-0.2, 0) is 0 Å². The highest BCUT2D eigenvalue weighted by Crippen LogP contribution is 2.28. The summed E-state index contributed by atoms with van der Waals surface area (Å²) >= 11 is 5.96. The van der Waals surface area contributed by atoms with Gasteiger partial charge in [0.15, 0.2) is 11.5 Å². The van der Waals surface area contributed by atoms with E-state index in [2.05, 4.69) is 26.9 Å². The number of aromatic nitrogens is 2. The zero-order valence-electron chi connectivity index (χ0n) is 14.2. The Balaban J connectivity index is 1.75. The van der Waals surface area contributed by atoms with Gasteiger partial charge >= 0.3 is 0 Å². The number of para-hydroxylation sites is 1. The number of anilines is 3. The average Bonchev–Trinajstić information content (AvgIpc) is 2.69. The number of amides is 1. The second kappa shape index (κ2) is 8.17. The maximum atomic E-state index is 12.4. The molecule has 2 aromatic carbocycles. The lowest BCUT2D eigenvalue weighted by Gasteiger charge is -2.10. The minimum atomic E-state index is -0.452. The monoisotopic (exact) mass is 379 g/mol. The Kier molecular flexibility index (Phi) is 5.50. The number of nitriles is 1. The first-order chi connectivity index (χ1) is 13.1. The summed E-state index contributed by atoms with van der Waals surface area (Å²) in [7, 11) is 1.50. The molecular formula is C19H14ClN5O2. The van der Waals surface area contributed by atoms with Crippen LogP contribution in [0.2, 0.25) is 5.02 Å². The highest BCUT2D eigenvalue weighted by molar-refractivity contribution is 6.31. The van der Waals surface area contributed by atoms with Crippen LogP contribution in [0.5, 0.6) is 5.75 Å². The van der Waals surface area contributed by atoms with Crippen molar-refractivity contribution in [1.29, 1.82) is 5.26 Å². The molecule has 0 bridgehead atoms. The van der Waals surface area contributed by atoms with Gasteiger partial charge in [-0.15, -0.1) is 10.2 Å². The fraction of sp³-hybridized carbons (Fsp3) is 0.0526. The van der Waals surface area contributed by atoms with Gasteiger partial charge in [0.05, 0.1) is 24.0 Å². The van der Waals surface area contributed by atoms with E-state index in [-0.39, 0.29) is 5.69 Å². The molecule has 1 amide bonds. The summed E-state index contributed by atoms with van der Waals surface area (Å²) in [5.41, 5.74) is 1.64. The van der Waals surface area contributed by atoms with Gasteiger partial charge in [-0.1, -0.05) is 23.7 Å². The molecule has 3 rings (SSSR count). The normalized spacial score (nSPS) is 9.96. The third-order valence-electron chi connectivity index (χ3n) is 3.62. The fourth-order valence-electron chi connectivity index (χ4n) is 2.31. The van der Waals surface area contributed by atoms with Gasteiger partial charge < -0.3 is 15.4 Å². The van der Waals surface area contributed by atoms with E-state index >= 15 is 0 Å². The van der Waals surface area contributed by atoms with Crippen molar-refractivity contribution in [3.8, 4) is 11.8 Å². The van der Waals surface area contributed by atoms with Crippen molar-refractivity contribution >= 4 is 34.7 Å². The van der Waals surface area contributed by atoms with Crippen molar-refractivity contribution < 1.29 is 9.53 Å². The second-order valence-electron chi connectivity index (χ2n) is 5.38. The van der Waals surface area contributed by atoms with E-state index in [1.54, 1.807) is 48.5 Å². The van der Waals surface area contributed by atoms with E-state index in [1.165, 1.54) is 13.2 Å². The molecule has 1 heterocycles.